The van der Waals surface area contributed by atoms with Crippen molar-refractivity contribution in [2.24, 2.45) is 5.92 Å². The minimum absolute atomic E-state index is 0.00830. The van der Waals surface area contributed by atoms with Gasteiger partial charge in [-0.25, -0.2) is 8.78 Å². The number of nitriles is 6. The molecule has 0 spiro atoms. The maximum Gasteiger partial charge on any atom is 0.151 e. The Morgan fingerprint density at radius 3 is 1.75 bits per heavy atom. The van der Waals surface area contributed by atoms with E-state index in [0.717, 1.165) is 0 Å². The van der Waals surface area contributed by atoms with Crippen molar-refractivity contribution < 1.29 is 8.78 Å². The van der Waals surface area contributed by atoms with Crippen LogP contribution in [0.2, 0.25) is 0 Å². The van der Waals surface area contributed by atoms with Gasteiger partial charge in [0.1, 0.15) is 41.6 Å². The number of nitrogens with zero attached hydrogens (tertiary/aromatic N) is 8. The van der Waals surface area contributed by atoms with Crippen molar-refractivity contribution >= 4 is 16.7 Å². The van der Waals surface area contributed by atoms with Gasteiger partial charge in [-0.15, -0.1) is 0 Å². The molecule has 0 N–H and O–H groups in total. The van der Waals surface area contributed by atoms with E-state index in [0.29, 0.717) is 0 Å². The summed E-state index contributed by atoms with van der Waals surface area (Å²) in [4.78, 5) is 8.65. The molecule has 0 saturated heterocycles. The lowest BCUT2D eigenvalue weighted by atomic mass is 9.77. The fraction of sp³-hybridized carbons (Fsp3) is 0.0667. The van der Waals surface area contributed by atoms with Crippen LogP contribution >= 0.6 is 0 Å². The first-order valence-corrected chi connectivity index (χ1v) is 11.5. The highest BCUT2D eigenvalue weighted by Gasteiger charge is 2.47. The van der Waals surface area contributed by atoms with E-state index in [4.69, 9.17) is 0 Å². The van der Waals surface area contributed by atoms with Crippen molar-refractivity contribution in [3.8, 4) is 58.9 Å². The third kappa shape index (κ3) is 3.36. The number of fused-ring (bicyclic) bond motifs is 2. The molecule has 0 amide bonds. The van der Waals surface area contributed by atoms with E-state index in [1.165, 1.54) is 24.5 Å². The lowest BCUT2D eigenvalue weighted by Gasteiger charge is -2.24. The normalized spacial score (nSPS) is 14.8. The molecule has 1 aromatic carbocycles. The van der Waals surface area contributed by atoms with Crippen LogP contribution in [0.3, 0.4) is 0 Å². The van der Waals surface area contributed by atoms with Crippen LogP contribution < -0.4 is 0 Å². The number of hydrogen-bond donors (Lipinski definition) is 0. The monoisotopic (exact) mass is 520 g/mol. The van der Waals surface area contributed by atoms with Crippen LogP contribution in [0.15, 0.2) is 66.0 Å². The summed E-state index contributed by atoms with van der Waals surface area (Å²) in [5.41, 5.74) is -2.31. The molecule has 1 atom stereocenters. The quantitative estimate of drug-likeness (QED) is 0.391. The number of benzene rings is 1. The summed E-state index contributed by atoms with van der Waals surface area (Å²) in [7, 11) is 0. The van der Waals surface area contributed by atoms with Crippen LogP contribution in [0.25, 0.3) is 39.2 Å². The third-order valence-electron chi connectivity index (χ3n) is 6.70. The Labute approximate surface area is 226 Å². The minimum Gasteiger partial charge on any atom is -0.256 e. The Balaban J connectivity index is 2.18. The third-order valence-corrected chi connectivity index (χ3v) is 6.70. The molecule has 8 nitrogen and oxygen atoms in total. The Morgan fingerprint density at radius 2 is 1.27 bits per heavy atom. The first-order chi connectivity index (χ1) is 19.5. The van der Waals surface area contributed by atoms with Gasteiger partial charge in [0.2, 0.25) is 0 Å². The van der Waals surface area contributed by atoms with Crippen LogP contribution in [0, 0.1) is 73.9 Å². The number of allylic oxidation sites excluding steroid dienone is 6. The minimum atomic E-state index is -1.62. The van der Waals surface area contributed by atoms with E-state index in [-0.39, 0.29) is 44.8 Å². The van der Waals surface area contributed by atoms with Gasteiger partial charge in [-0.2, -0.15) is 31.6 Å². The van der Waals surface area contributed by atoms with Gasteiger partial charge in [-0.3, -0.25) is 9.97 Å². The molecule has 40 heavy (non-hydrogen) atoms. The van der Waals surface area contributed by atoms with Crippen molar-refractivity contribution in [3.63, 3.8) is 0 Å². The highest BCUT2D eigenvalue weighted by Crippen LogP contribution is 2.60. The molecule has 3 aromatic rings. The lowest BCUT2D eigenvalue weighted by Crippen LogP contribution is -2.13. The molecule has 0 saturated carbocycles. The van der Waals surface area contributed by atoms with Crippen molar-refractivity contribution in [1.82, 2.24) is 9.97 Å². The van der Waals surface area contributed by atoms with Crippen molar-refractivity contribution in [1.29, 1.82) is 31.6 Å². The topological polar surface area (TPSA) is 169 Å². The van der Waals surface area contributed by atoms with Gasteiger partial charge in [0.25, 0.3) is 0 Å². The highest BCUT2D eigenvalue weighted by atomic mass is 19.1. The fourth-order valence-corrected chi connectivity index (χ4v) is 5.21. The van der Waals surface area contributed by atoms with Gasteiger partial charge >= 0.3 is 0 Å². The van der Waals surface area contributed by atoms with E-state index in [9.17, 15) is 31.6 Å². The van der Waals surface area contributed by atoms with Gasteiger partial charge in [-0.1, -0.05) is 12.1 Å². The zero-order valence-corrected chi connectivity index (χ0v) is 20.1. The molecular formula is C30H10F2N8. The van der Waals surface area contributed by atoms with Gasteiger partial charge in [0.15, 0.2) is 5.83 Å². The predicted octanol–water partition coefficient (Wildman–Crippen LogP) is 5.79. The van der Waals surface area contributed by atoms with Crippen molar-refractivity contribution in [2.75, 3.05) is 0 Å². The standard InChI is InChI=1S/C30H10F2N8/c31-29-17(13-37)23-25(19-5-1-3-7-39-19)24-18(14-38)30(32)22(16(11-35)12-36)28(24)26(20-6-2-4-8-40-20)27(23)21(29)15(9-33)10-34/h1-8,15,21H. The summed E-state index contributed by atoms with van der Waals surface area (Å²) in [5, 5.41) is 59.3. The zero-order chi connectivity index (χ0) is 28.6. The summed E-state index contributed by atoms with van der Waals surface area (Å²) >= 11 is 0. The number of aromatic nitrogens is 2. The Morgan fingerprint density at radius 1 is 0.700 bits per heavy atom. The molecule has 2 aromatic heterocycles. The van der Waals surface area contributed by atoms with Crippen molar-refractivity contribution in [2.45, 2.75) is 5.92 Å². The van der Waals surface area contributed by atoms with E-state index in [2.05, 4.69) is 9.97 Å². The van der Waals surface area contributed by atoms with E-state index < -0.39 is 45.8 Å². The average Bonchev–Trinajstić information content (AvgIpc) is 3.44. The number of rotatable bonds is 3. The second-order valence-electron chi connectivity index (χ2n) is 8.54. The molecule has 0 aliphatic heterocycles. The maximum absolute atomic E-state index is 16.1. The molecular weight excluding hydrogens is 510 g/mol. The highest BCUT2D eigenvalue weighted by molar-refractivity contribution is 6.15. The summed E-state index contributed by atoms with van der Waals surface area (Å²) in [6, 6.07) is 19.8. The molecule has 2 aliphatic carbocycles. The van der Waals surface area contributed by atoms with Gasteiger partial charge in [0.05, 0.1) is 40.6 Å². The molecule has 0 radical (unpaired) electrons. The van der Waals surface area contributed by atoms with Gasteiger partial charge in [-0.05, 0) is 29.8 Å². The maximum atomic E-state index is 16.1. The molecule has 1 unspecified atom stereocenters. The molecule has 0 bridgehead atoms. The zero-order valence-electron chi connectivity index (χ0n) is 20.1. The van der Waals surface area contributed by atoms with E-state index >= 15 is 8.78 Å². The second kappa shape index (κ2) is 9.78. The Hall–Kier alpha value is -6.46. The van der Waals surface area contributed by atoms with Crippen LogP contribution in [-0.4, -0.2) is 9.97 Å². The van der Waals surface area contributed by atoms with Crippen LogP contribution in [-0.2, 0) is 0 Å². The molecule has 0 fully saturated rings. The smallest absolute Gasteiger partial charge is 0.151 e. The number of pyridine rings is 2. The Kier molecular flexibility index (Phi) is 6.16. The van der Waals surface area contributed by atoms with E-state index in [1.54, 1.807) is 54.6 Å². The SMILES string of the molecule is N#CC(C#N)=C1C(F)=C(C#N)c2c1c(-c1ccccn1)c1c(c2-c2ccccn2)C(C#N)=C(F)C1C(C#N)C#N. The van der Waals surface area contributed by atoms with Crippen LogP contribution in [0.5, 0.6) is 0 Å². The summed E-state index contributed by atoms with van der Waals surface area (Å²) in [6.45, 7) is 0. The fourth-order valence-electron chi connectivity index (χ4n) is 5.21. The predicted molar refractivity (Wildman–Crippen MR) is 136 cm³/mol. The first kappa shape index (κ1) is 25.2. The van der Waals surface area contributed by atoms with E-state index in [1.807, 2.05) is 6.07 Å². The molecule has 2 heterocycles. The summed E-state index contributed by atoms with van der Waals surface area (Å²) in [5.74, 6) is -5.43. The molecule has 10 heteroatoms. The van der Waals surface area contributed by atoms with Crippen LogP contribution in [0.1, 0.15) is 28.2 Å². The van der Waals surface area contributed by atoms with Crippen LogP contribution in [0.4, 0.5) is 8.78 Å². The summed E-state index contributed by atoms with van der Waals surface area (Å²) < 4.78 is 32.2. The summed E-state index contributed by atoms with van der Waals surface area (Å²) in [6.07, 6.45) is 2.80. The second-order valence-corrected chi connectivity index (χ2v) is 8.54. The van der Waals surface area contributed by atoms with Gasteiger partial charge in [0, 0.05) is 45.8 Å². The molecule has 5 rings (SSSR count). The molecule has 184 valence electrons. The van der Waals surface area contributed by atoms with Crippen molar-refractivity contribution in [3.05, 3.63) is 88.3 Å². The average molecular weight is 520 g/mol. The first-order valence-electron chi connectivity index (χ1n) is 11.5. The number of halogens is 2. The lowest BCUT2D eigenvalue weighted by molar-refractivity contribution is 0.527. The Bertz CT molecular complexity index is 1950. The largest absolute Gasteiger partial charge is 0.256 e. The molecule has 2 aliphatic rings. The number of hydrogen-bond acceptors (Lipinski definition) is 8. The van der Waals surface area contributed by atoms with Gasteiger partial charge < -0.3 is 0 Å².